The summed E-state index contributed by atoms with van der Waals surface area (Å²) in [5.74, 6) is -2.15. The average Bonchev–Trinajstić information content (AvgIpc) is 2.44. The predicted octanol–water partition coefficient (Wildman–Crippen LogP) is 0.536. The number of alkyl halides is 1. The summed E-state index contributed by atoms with van der Waals surface area (Å²) in [7, 11) is 0. The van der Waals surface area contributed by atoms with Gasteiger partial charge in [-0.15, -0.1) is 0 Å². The number of nitrogens with two attached hydrogens (primary N) is 1. The van der Waals surface area contributed by atoms with Crippen molar-refractivity contribution in [2.45, 2.75) is 31.5 Å². The molecule has 3 N–H and O–H groups in total. The van der Waals surface area contributed by atoms with Gasteiger partial charge in [-0.25, -0.2) is 4.39 Å². The first-order valence-electron chi connectivity index (χ1n) is 3.65. The van der Waals surface area contributed by atoms with E-state index in [0.29, 0.717) is 12.8 Å². The van der Waals surface area contributed by atoms with Crippen LogP contribution in [0.4, 0.5) is 4.39 Å². The van der Waals surface area contributed by atoms with Crippen LogP contribution in [-0.2, 0) is 4.79 Å². The summed E-state index contributed by atoms with van der Waals surface area (Å²) in [5, 5.41) is 8.60. The molecule has 0 spiro atoms. The molecule has 0 aromatic heterocycles. The van der Waals surface area contributed by atoms with Gasteiger partial charge in [-0.2, -0.15) is 0 Å². The lowest BCUT2D eigenvalue weighted by molar-refractivity contribution is -0.145. The van der Waals surface area contributed by atoms with E-state index in [2.05, 4.69) is 0 Å². The summed E-state index contributed by atoms with van der Waals surface area (Å²) in [5.41, 5.74) is 3.83. The fraction of sp³-hybridized carbons (Fsp3) is 0.857. The van der Waals surface area contributed by atoms with Crippen molar-refractivity contribution in [3.8, 4) is 0 Å². The third-order valence-corrected chi connectivity index (χ3v) is 2.08. The van der Waals surface area contributed by atoms with Crippen LogP contribution in [0, 0.1) is 5.92 Å². The van der Waals surface area contributed by atoms with E-state index in [1.54, 1.807) is 0 Å². The standard InChI is InChI=1S/C7H12FNO2/c1-4(9)5(6(10)11)7(8)2-3-7/h4-5H,2-3,9H2,1H3,(H,10,11). The van der Waals surface area contributed by atoms with Crippen LogP contribution in [0.15, 0.2) is 0 Å². The Hall–Kier alpha value is -0.640. The fourth-order valence-electron chi connectivity index (χ4n) is 1.35. The van der Waals surface area contributed by atoms with Gasteiger partial charge in [0.15, 0.2) is 0 Å². The van der Waals surface area contributed by atoms with Gasteiger partial charge in [-0.05, 0) is 19.8 Å². The van der Waals surface area contributed by atoms with Crippen molar-refractivity contribution in [1.29, 1.82) is 0 Å². The number of carboxylic acid groups (broad SMARTS) is 1. The third kappa shape index (κ3) is 1.50. The molecular weight excluding hydrogens is 149 g/mol. The second-order valence-electron chi connectivity index (χ2n) is 3.21. The quantitative estimate of drug-likeness (QED) is 0.634. The Labute approximate surface area is 64.4 Å². The molecule has 1 rings (SSSR count). The zero-order valence-corrected chi connectivity index (χ0v) is 6.38. The summed E-state index contributed by atoms with van der Waals surface area (Å²) in [6.45, 7) is 1.53. The maximum Gasteiger partial charge on any atom is 0.311 e. The van der Waals surface area contributed by atoms with E-state index < -0.39 is 23.6 Å². The lowest BCUT2D eigenvalue weighted by atomic mass is 9.95. The lowest BCUT2D eigenvalue weighted by Crippen LogP contribution is -2.40. The van der Waals surface area contributed by atoms with E-state index >= 15 is 0 Å². The molecule has 0 heterocycles. The van der Waals surface area contributed by atoms with Crippen molar-refractivity contribution < 1.29 is 14.3 Å². The van der Waals surface area contributed by atoms with E-state index in [1.165, 1.54) is 6.92 Å². The molecule has 4 heteroatoms. The molecule has 64 valence electrons. The van der Waals surface area contributed by atoms with Crippen LogP contribution < -0.4 is 5.73 Å². The maximum absolute atomic E-state index is 13.2. The van der Waals surface area contributed by atoms with Crippen molar-refractivity contribution in [3.05, 3.63) is 0 Å². The average molecular weight is 161 g/mol. The summed E-state index contributed by atoms with van der Waals surface area (Å²) < 4.78 is 13.2. The molecule has 2 unspecified atom stereocenters. The maximum atomic E-state index is 13.2. The minimum absolute atomic E-state index is 0.339. The Morgan fingerprint density at radius 3 is 2.27 bits per heavy atom. The zero-order chi connectivity index (χ0) is 8.65. The topological polar surface area (TPSA) is 63.3 Å². The molecule has 0 aliphatic heterocycles. The number of carbonyl (C=O) groups is 1. The first kappa shape index (κ1) is 8.46. The van der Waals surface area contributed by atoms with Crippen molar-refractivity contribution in [2.75, 3.05) is 0 Å². The largest absolute Gasteiger partial charge is 0.481 e. The third-order valence-electron chi connectivity index (χ3n) is 2.08. The molecular formula is C7H12FNO2. The molecule has 0 radical (unpaired) electrons. The van der Waals surface area contributed by atoms with Crippen molar-refractivity contribution >= 4 is 5.97 Å². The van der Waals surface area contributed by atoms with Gasteiger partial charge in [0.2, 0.25) is 0 Å². The van der Waals surface area contributed by atoms with Crippen molar-refractivity contribution in [2.24, 2.45) is 11.7 Å². The van der Waals surface area contributed by atoms with Gasteiger partial charge < -0.3 is 10.8 Å². The molecule has 1 fully saturated rings. The van der Waals surface area contributed by atoms with Gasteiger partial charge in [0.1, 0.15) is 11.6 Å². The van der Waals surface area contributed by atoms with E-state index in [-0.39, 0.29) is 0 Å². The van der Waals surface area contributed by atoms with Crippen LogP contribution in [0.25, 0.3) is 0 Å². The Morgan fingerprint density at radius 2 is 2.18 bits per heavy atom. The summed E-state index contributed by atoms with van der Waals surface area (Å²) in [6, 6.07) is -0.611. The Balaban J connectivity index is 2.68. The van der Waals surface area contributed by atoms with E-state index in [9.17, 15) is 9.18 Å². The molecule has 2 atom stereocenters. The summed E-state index contributed by atoms with van der Waals surface area (Å²) >= 11 is 0. The molecule has 1 aliphatic carbocycles. The Kier molecular flexibility index (Phi) is 1.88. The number of hydrogen-bond acceptors (Lipinski definition) is 2. The number of aliphatic carboxylic acids is 1. The minimum atomic E-state index is -1.51. The highest BCUT2D eigenvalue weighted by atomic mass is 19.1. The molecule has 0 aromatic rings. The Bertz CT molecular complexity index is 177. The van der Waals surface area contributed by atoms with Crippen LogP contribution in [0.3, 0.4) is 0 Å². The van der Waals surface area contributed by atoms with Crippen LogP contribution in [-0.4, -0.2) is 22.8 Å². The van der Waals surface area contributed by atoms with E-state index in [1.807, 2.05) is 0 Å². The molecule has 0 amide bonds. The van der Waals surface area contributed by atoms with Crippen molar-refractivity contribution in [3.63, 3.8) is 0 Å². The highest BCUT2D eigenvalue weighted by Crippen LogP contribution is 2.47. The number of halogens is 1. The zero-order valence-electron chi connectivity index (χ0n) is 6.38. The van der Waals surface area contributed by atoms with Crippen molar-refractivity contribution in [1.82, 2.24) is 0 Å². The Morgan fingerprint density at radius 1 is 1.73 bits per heavy atom. The van der Waals surface area contributed by atoms with Gasteiger partial charge in [0.05, 0.1) is 0 Å². The smallest absolute Gasteiger partial charge is 0.311 e. The fourth-order valence-corrected chi connectivity index (χ4v) is 1.35. The van der Waals surface area contributed by atoms with Crippen LogP contribution in [0.1, 0.15) is 19.8 Å². The van der Waals surface area contributed by atoms with E-state index in [4.69, 9.17) is 10.8 Å². The summed E-state index contributed by atoms with van der Waals surface area (Å²) in [6.07, 6.45) is 0.678. The SMILES string of the molecule is CC(N)C(C(=O)O)C1(F)CC1. The normalized spacial score (nSPS) is 25.7. The highest BCUT2D eigenvalue weighted by molar-refractivity contribution is 5.73. The molecule has 0 aromatic carbocycles. The molecule has 1 saturated carbocycles. The summed E-state index contributed by atoms with van der Waals surface area (Å²) in [4.78, 5) is 10.5. The first-order chi connectivity index (χ1) is 4.97. The van der Waals surface area contributed by atoms with Gasteiger partial charge in [0, 0.05) is 6.04 Å². The molecule has 0 saturated heterocycles. The molecule has 3 nitrogen and oxygen atoms in total. The first-order valence-corrected chi connectivity index (χ1v) is 3.65. The van der Waals surface area contributed by atoms with Crippen LogP contribution in [0.2, 0.25) is 0 Å². The molecule has 0 bridgehead atoms. The lowest BCUT2D eigenvalue weighted by Gasteiger charge is -2.19. The second-order valence-corrected chi connectivity index (χ2v) is 3.21. The van der Waals surface area contributed by atoms with Gasteiger partial charge in [-0.1, -0.05) is 0 Å². The van der Waals surface area contributed by atoms with Gasteiger partial charge in [-0.3, -0.25) is 4.79 Å². The number of hydrogen-bond donors (Lipinski definition) is 2. The minimum Gasteiger partial charge on any atom is -0.481 e. The number of rotatable bonds is 3. The predicted molar refractivity (Wildman–Crippen MR) is 37.8 cm³/mol. The highest BCUT2D eigenvalue weighted by Gasteiger charge is 2.55. The monoisotopic (exact) mass is 161 g/mol. The van der Waals surface area contributed by atoms with Gasteiger partial charge >= 0.3 is 5.97 Å². The van der Waals surface area contributed by atoms with Crippen LogP contribution in [0.5, 0.6) is 0 Å². The van der Waals surface area contributed by atoms with Crippen LogP contribution >= 0.6 is 0 Å². The van der Waals surface area contributed by atoms with Gasteiger partial charge in [0.25, 0.3) is 0 Å². The molecule has 11 heavy (non-hydrogen) atoms. The second kappa shape index (κ2) is 2.44. The van der Waals surface area contributed by atoms with E-state index in [0.717, 1.165) is 0 Å². The molecule has 1 aliphatic rings. The number of carboxylic acids is 1.